The van der Waals surface area contributed by atoms with Gasteiger partial charge in [-0.05, 0) is 44.1 Å². The summed E-state index contributed by atoms with van der Waals surface area (Å²) in [4.78, 5) is 26.0. The van der Waals surface area contributed by atoms with E-state index in [9.17, 15) is 9.59 Å². The molecule has 1 N–H and O–H groups in total. The van der Waals surface area contributed by atoms with E-state index in [0.29, 0.717) is 6.54 Å². The Labute approximate surface area is 128 Å². The van der Waals surface area contributed by atoms with Crippen molar-refractivity contribution in [3.63, 3.8) is 0 Å². The second kappa shape index (κ2) is 7.39. The van der Waals surface area contributed by atoms with Gasteiger partial charge in [0.25, 0.3) is 0 Å². The number of likely N-dealkylation sites (tertiary alicyclic amines) is 1. The lowest BCUT2D eigenvalue weighted by Crippen LogP contribution is -2.50. The molecule has 1 amide bonds. The first-order valence-corrected chi connectivity index (χ1v) is 8.49. The van der Waals surface area contributed by atoms with Gasteiger partial charge in [0.15, 0.2) is 5.78 Å². The van der Waals surface area contributed by atoms with Crippen molar-refractivity contribution >= 4 is 11.7 Å². The number of fused-ring (bicyclic) bond motifs is 1. The molecule has 1 saturated heterocycles. The topological polar surface area (TPSA) is 49.4 Å². The molecule has 1 saturated carbocycles. The lowest BCUT2D eigenvalue weighted by molar-refractivity contribution is -0.129. The average molecular weight is 294 g/mol. The minimum Gasteiger partial charge on any atom is -0.345 e. The van der Waals surface area contributed by atoms with Gasteiger partial charge in [-0.25, -0.2) is 0 Å². The van der Waals surface area contributed by atoms with Crippen LogP contribution in [0.4, 0.5) is 0 Å². The summed E-state index contributed by atoms with van der Waals surface area (Å²) in [7, 11) is 0. The summed E-state index contributed by atoms with van der Waals surface area (Å²) in [5, 5.41) is 2.91. The van der Waals surface area contributed by atoms with E-state index in [0.717, 1.165) is 24.9 Å². The molecular formula is C17H30N2O2. The zero-order valence-corrected chi connectivity index (χ0v) is 13.7. The molecule has 0 radical (unpaired) electrons. The van der Waals surface area contributed by atoms with Crippen LogP contribution < -0.4 is 5.32 Å². The van der Waals surface area contributed by atoms with Crippen LogP contribution >= 0.6 is 0 Å². The molecule has 0 aromatic rings. The standard InChI is InChI=1S/C17H30N2O2/c1-12(2)17(13(3)20)18-16(21)11-19-9-8-14-6-4-5-7-15(14)10-19/h12,14-15,17H,4-11H2,1-3H3,(H,18,21). The van der Waals surface area contributed by atoms with Gasteiger partial charge in [0.1, 0.15) is 0 Å². The Morgan fingerprint density at radius 1 is 1.14 bits per heavy atom. The lowest BCUT2D eigenvalue weighted by atomic mass is 9.75. The van der Waals surface area contributed by atoms with Crippen LogP contribution in [0.2, 0.25) is 0 Å². The molecule has 3 atom stereocenters. The predicted molar refractivity (Wildman–Crippen MR) is 84.0 cm³/mol. The molecule has 1 heterocycles. The molecule has 0 aromatic carbocycles. The number of carbonyl (C=O) groups is 2. The predicted octanol–water partition coefficient (Wildman–Crippen LogP) is 2.23. The SMILES string of the molecule is CC(=O)C(NC(=O)CN1CCC2CCCCC2C1)C(C)C. The van der Waals surface area contributed by atoms with Crippen LogP contribution in [0.3, 0.4) is 0 Å². The van der Waals surface area contributed by atoms with Crippen molar-refractivity contribution in [3.05, 3.63) is 0 Å². The van der Waals surface area contributed by atoms with Crippen molar-refractivity contribution in [2.45, 2.75) is 58.9 Å². The summed E-state index contributed by atoms with van der Waals surface area (Å²) in [6, 6.07) is -0.343. The van der Waals surface area contributed by atoms with E-state index in [1.54, 1.807) is 6.92 Å². The summed E-state index contributed by atoms with van der Waals surface area (Å²) >= 11 is 0. The number of ketones is 1. The first-order valence-electron chi connectivity index (χ1n) is 8.49. The maximum atomic E-state index is 12.2. The fourth-order valence-electron chi connectivity index (χ4n) is 3.98. The largest absolute Gasteiger partial charge is 0.345 e. The fraction of sp³-hybridized carbons (Fsp3) is 0.882. The third-order valence-corrected chi connectivity index (χ3v) is 5.16. The van der Waals surface area contributed by atoms with E-state index in [4.69, 9.17) is 0 Å². The van der Waals surface area contributed by atoms with Gasteiger partial charge in [-0.3, -0.25) is 14.5 Å². The number of hydrogen-bond acceptors (Lipinski definition) is 3. The Hall–Kier alpha value is -0.900. The Balaban J connectivity index is 1.81. The summed E-state index contributed by atoms with van der Waals surface area (Å²) < 4.78 is 0. The van der Waals surface area contributed by atoms with Crippen LogP contribution in [0, 0.1) is 17.8 Å². The number of piperidine rings is 1. The van der Waals surface area contributed by atoms with Gasteiger partial charge < -0.3 is 5.32 Å². The highest BCUT2D eigenvalue weighted by Crippen LogP contribution is 2.35. The Morgan fingerprint density at radius 2 is 1.81 bits per heavy atom. The number of hydrogen-bond donors (Lipinski definition) is 1. The van der Waals surface area contributed by atoms with Crippen LogP contribution in [0.5, 0.6) is 0 Å². The molecule has 2 aliphatic rings. The monoisotopic (exact) mass is 294 g/mol. The quantitative estimate of drug-likeness (QED) is 0.846. The Morgan fingerprint density at radius 3 is 2.43 bits per heavy atom. The maximum absolute atomic E-state index is 12.2. The van der Waals surface area contributed by atoms with E-state index >= 15 is 0 Å². The van der Waals surface area contributed by atoms with E-state index in [1.165, 1.54) is 32.1 Å². The van der Waals surface area contributed by atoms with Crippen molar-refractivity contribution in [3.8, 4) is 0 Å². The number of nitrogens with one attached hydrogen (secondary N) is 1. The van der Waals surface area contributed by atoms with Gasteiger partial charge >= 0.3 is 0 Å². The fourth-order valence-corrected chi connectivity index (χ4v) is 3.98. The number of rotatable bonds is 5. The van der Waals surface area contributed by atoms with Crippen molar-refractivity contribution in [1.29, 1.82) is 0 Å². The van der Waals surface area contributed by atoms with E-state index in [1.807, 2.05) is 13.8 Å². The van der Waals surface area contributed by atoms with Crippen LogP contribution in [0.25, 0.3) is 0 Å². The number of carbonyl (C=O) groups excluding carboxylic acids is 2. The molecule has 21 heavy (non-hydrogen) atoms. The van der Waals surface area contributed by atoms with Gasteiger partial charge in [-0.2, -0.15) is 0 Å². The second-order valence-corrected chi connectivity index (χ2v) is 7.23. The smallest absolute Gasteiger partial charge is 0.234 e. The van der Waals surface area contributed by atoms with Gasteiger partial charge in [-0.15, -0.1) is 0 Å². The van der Waals surface area contributed by atoms with Crippen molar-refractivity contribution in [2.24, 2.45) is 17.8 Å². The summed E-state index contributed by atoms with van der Waals surface area (Å²) in [6.07, 6.45) is 6.67. The van der Waals surface area contributed by atoms with E-state index < -0.39 is 0 Å². The highest BCUT2D eigenvalue weighted by atomic mass is 16.2. The highest BCUT2D eigenvalue weighted by molar-refractivity contribution is 5.88. The Bertz CT molecular complexity index is 381. The molecule has 4 nitrogen and oxygen atoms in total. The van der Waals surface area contributed by atoms with Crippen LogP contribution in [-0.2, 0) is 9.59 Å². The third-order valence-electron chi connectivity index (χ3n) is 5.16. The summed E-state index contributed by atoms with van der Waals surface area (Å²) in [6.45, 7) is 8.03. The molecule has 4 heteroatoms. The number of amides is 1. The van der Waals surface area contributed by atoms with Gasteiger partial charge in [0, 0.05) is 6.54 Å². The minimum atomic E-state index is -0.343. The first kappa shape index (κ1) is 16.5. The Kier molecular flexibility index (Phi) is 5.80. The second-order valence-electron chi connectivity index (χ2n) is 7.23. The van der Waals surface area contributed by atoms with E-state index in [-0.39, 0.29) is 23.7 Å². The number of Topliss-reactive ketones (excluding diaryl/α,β-unsaturated/α-hetero) is 1. The lowest BCUT2D eigenvalue weighted by Gasteiger charge is -2.41. The number of nitrogens with zero attached hydrogens (tertiary/aromatic N) is 1. The normalized spacial score (nSPS) is 28.0. The average Bonchev–Trinajstić information content (AvgIpc) is 2.44. The van der Waals surface area contributed by atoms with E-state index in [2.05, 4.69) is 10.2 Å². The molecule has 120 valence electrons. The van der Waals surface area contributed by atoms with Gasteiger partial charge in [-0.1, -0.05) is 33.1 Å². The zero-order valence-electron chi connectivity index (χ0n) is 13.7. The maximum Gasteiger partial charge on any atom is 0.234 e. The third kappa shape index (κ3) is 4.53. The molecule has 3 unspecified atom stereocenters. The molecule has 0 aromatic heterocycles. The highest BCUT2D eigenvalue weighted by Gasteiger charge is 2.32. The summed E-state index contributed by atoms with van der Waals surface area (Å²) in [5.74, 6) is 1.87. The van der Waals surface area contributed by atoms with Crippen molar-refractivity contribution < 1.29 is 9.59 Å². The molecule has 2 fully saturated rings. The van der Waals surface area contributed by atoms with Gasteiger partial charge in [0.05, 0.1) is 12.6 Å². The first-order chi connectivity index (χ1) is 9.97. The molecule has 2 rings (SSSR count). The van der Waals surface area contributed by atoms with Crippen LogP contribution in [0.15, 0.2) is 0 Å². The van der Waals surface area contributed by atoms with Gasteiger partial charge in [0.2, 0.25) is 5.91 Å². The van der Waals surface area contributed by atoms with Crippen LogP contribution in [0.1, 0.15) is 52.9 Å². The molecular weight excluding hydrogens is 264 g/mol. The van der Waals surface area contributed by atoms with Crippen molar-refractivity contribution in [1.82, 2.24) is 10.2 Å². The minimum absolute atomic E-state index is 0.00170. The molecule has 1 aliphatic carbocycles. The molecule has 1 aliphatic heterocycles. The van der Waals surface area contributed by atoms with Crippen LogP contribution in [-0.4, -0.2) is 42.3 Å². The van der Waals surface area contributed by atoms with Crippen molar-refractivity contribution in [2.75, 3.05) is 19.6 Å². The zero-order chi connectivity index (χ0) is 15.4. The molecule has 0 spiro atoms. The summed E-state index contributed by atoms with van der Waals surface area (Å²) in [5.41, 5.74) is 0. The molecule has 0 bridgehead atoms.